The zero-order chi connectivity index (χ0) is 29.2. The van der Waals surface area contributed by atoms with Gasteiger partial charge in [0.05, 0.1) is 23.3 Å². The summed E-state index contributed by atoms with van der Waals surface area (Å²) in [4.78, 5) is 32.5. The highest BCUT2D eigenvalue weighted by Gasteiger charge is 2.26. The molecular weight excluding hydrogens is 537 g/mol. The van der Waals surface area contributed by atoms with Crippen LogP contribution in [0.2, 0.25) is 0 Å². The van der Waals surface area contributed by atoms with Gasteiger partial charge in [0.2, 0.25) is 5.91 Å². The molecule has 0 bridgehead atoms. The van der Waals surface area contributed by atoms with Crippen LogP contribution in [0.15, 0.2) is 61.7 Å². The van der Waals surface area contributed by atoms with Crippen LogP contribution >= 0.6 is 0 Å². The normalized spacial score (nSPS) is 19.6. The van der Waals surface area contributed by atoms with Gasteiger partial charge in [0.1, 0.15) is 40.9 Å². The van der Waals surface area contributed by atoms with Crippen LogP contribution in [0.25, 0.3) is 11.0 Å². The lowest BCUT2D eigenvalue weighted by atomic mass is 9.89. The molecular formula is C31H34FN7O3. The van der Waals surface area contributed by atoms with E-state index in [0.717, 1.165) is 42.7 Å². The number of pyridine rings is 1. The molecule has 5 heterocycles. The Kier molecular flexibility index (Phi) is 7.75. The van der Waals surface area contributed by atoms with Gasteiger partial charge in [-0.15, -0.1) is 0 Å². The summed E-state index contributed by atoms with van der Waals surface area (Å²) in [5.74, 6) is 1.94. The average Bonchev–Trinajstić information content (AvgIpc) is 3.43. The maximum Gasteiger partial charge on any atom is 0.245 e. The highest BCUT2D eigenvalue weighted by Crippen LogP contribution is 2.37. The Labute approximate surface area is 243 Å². The van der Waals surface area contributed by atoms with Crippen molar-refractivity contribution in [3.8, 4) is 11.5 Å². The molecule has 1 aromatic carbocycles. The van der Waals surface area contributed by atoms with Gasteiger partial charge >= 0.3 is 0 Å². The molecule has 1 amide bonds. The molecule has 42 heavy (non-hydrogen) atoms. The first-order chi connectivity index (χ1) is 20.4. The summed E-state index contributed by atoms with van der Waals surface area (Å²) < 4.78 is 27.2. The molecule has 6 rings (SSSR count). The highest BCUT2D eigenvalue weighted by atomic mass is 19.1. The highest BCUT2D eigenvalue weighted by molar-refractivity contribution is 5.92. The SMILES string of the molecule is C=CC(=O)N1CCC(c2c[nH]c3ncnc(Nc4ccc(Oc5ccnc(N6C[C@@H](C)O[C@@H](C)C6)c5)cc4F)c23)CC1. The lowest BCUT2D eigenvalue weighted by Crippen LogP contribution is -2.45. The van der Waals surface area contributed by atoms with Crippen molar-refractivity contribution in [3.63, 3.8) is 0 Å². The van der Waals surface area contributed by atoms with Crippen molar-refractivity contribution in [3.05, 3.63) is 73.1 Å². The molecule has 2 atom stereocenters. The standard InChI is InChI=1S/C31H34FN7O3/c1-4-28(40)38-11-8-21(9-12-38)24-15-34-30-29(24)31(36-18-35-30)37-26-6-5-22(13-25(26)32)42-23-7-10-33-27(14-23)39-16-19(2)41-20(3)17-39/h4-7,10,13-15,18-21H,1,8-9,11-12,16-17H2,2-3H3,(H2,34,35,36,37)/t19-,20+. The second-order valence-corrected chi connectivity index (χ2v) is 10.9. The first-order valence-electron chi connectivity index (χ1n) is 14.2. The average molecular weight is 572 g/mol. The quantitative estimate of drug-likeness (QED) is 0.279. The fourth-order valence-corrected chi connectivity index (χ4v) is 5.87. The van der Waals surface area contributed by atoms with Crippen LogP contribution in [0.4, 0.5) is 21.7 Å². The lowest BCUT2D eigenvalue weighted by Gasteiger charge is -2.36. The molecule has 0 radical (unpaired) electrons. The Morgan fingerprint density at radius 3 is 2.62 bits per heavy atom. The second kappa shape index (κ2) is 11.8. The predicted octanol–water partition coefficient (Wildman–Crippen LogP) is 5.53. The molecule has 2 N–H and O–H groups in total. The number of aromatic nitrogens is 4. The number of piperidine rings is 1. The molecule has 0 saturated carbocycles. The number of halogens is 1. The first-order valence-corrected chi connectivity index (χ1v) is 14.2. The summed E-state index contributed by atoms with van der Waals surface area (Å²) in [6.07, 6.45) is 8.26. The number of amides is 1. The van der Waals surface area contributed by atoms with E-state index in [2.05, 4.69) is 36.7 Å². The summed E-state index contributed by atoms with van der Waals surface area (Å²) in [6.45, 7) is 10.5. The number of ether oxygens (including phenoxy) is 2. The van der Waals surface area contributed by atoms with E-state index < -0.39 is 5.82 Å². The monoisotopic (exact) mass is 571 g/mol. The van der Waals surface area contributed by atoms with Gasteiger partial charge in [-0.05, 0) is 62.4 Å². The lowest BCUT2D eigenvalue weighted by molar-refractivity contribution is -0.127. The van der Waals surface area contributed by atoms with Crippen LogP contribution in [0.1, 0.15) is 38.2 Å². The van der Waals surface area contributed by atoms with Crippen LogP contribution in [0, 0.1) is 5.82 Å². The third-order valence-corrected chi connectivity index (χ3v) is 7.81. The van der Waals surface area contributed by atoms with E-state index in [1.807, 2.05) is 31.0 Å². The van der Waals surface area contributed by atoms with Gasteiger partial charge in [-0.2, -0.15) is 0 Å². The Bertz CT molecular complexity index is 1590. The van der Waals surface area contributed by atoms with E-state index in [4.69, 9.17) is 9.47 Å². The van der Waals surface area contributed by atoms with Gasteiger partial charge in [-0.3, -0.25) is 4.79 Å². The van der Waals surface area contributed by atoms with Crippen molar-refractivity contribution >= 4 is 34.3 Å². The summed E-state index contributed by atoms with van der Waals surface area (Å²) >= 11 is 0. The molecule has 2 saturated heterocycles. The van der Waals surface area contributed by atoms with Gasteiger partial charge in [0.25, 0.3) is 0 Å². The van der Waals surface area contributed by atoms with E-state index in [1.54, 1.807) is 24.4 Å². The van der Waals surface area contributed by atoms with Crippen molar-refractivity contribution in [2.75, 3.05) is 36.4 Å². The van der Waals surface area contributed by atoms with Crippen LogP contribution < -0.4 is 15.0 Å². The minimum atomic E-state index is -0.474. The number of hydrogen-bond donors (Lipinski definition) is 2. The van der Waals surface area contributed by atoms with Gasteiger partial charge in [-0.25, -0.2) is 19.3 Å². The van der Waals surface area contributed by atoms with Crippen LogP contribution in [-0.2, 0) is 9.53 Å². The van der Waals surface area contributed by atoms with E-state index >= 15 is 4.39 Å². The number of H-pyrrole nitrogens is 1. The van der Waals surface area contributed by atoms with Crippen molar-refractivity contribution in [1.82, 2.24) is 24.8 Å². The van der Waals surface area contributed by atoms with E-state index in [0.29, 0.717) is 36.1 Å². The zero-order valence-corrected chi connectivity index (χ0v) is 23.7. The van der Waals surface area contributed by atoms with Gasteiger partial charge in [0, 0.05) is 50.7 Å². The van der Waals surface area contributed by atoms with E-state index in [1.165, 1.54) is 18.5 Å². The topological polar surface area (TPSA) is 108 Å². The third kappa shape index (κ3) is 5.78. The number of hydrogen-bond acceptors (Lipinski definition) is 8. The maximum absolute atomic E-state index is 15.4. The largest absolute Gasteiger partial charge is 0.457 e. The van der Waals surface area contributed by atoms with Crippen molar-refractivity contribution in [2.24, 2.45) is 0 Å². The second-order valence-electron chi connectivity index (χ2n) is 10.9. The number of aromatic amines is 1. The molecule has 218 valence electrons. The van der Waals surface area contributed by atoms with Gasteiger partial charge in [-0.1, -0.05) is 6.58 Å². The Morgan fingerprint density at radius 2 is 1.88 bits per heavy atom. The number of nitrogens with one attached hydrogen (secondary N) is 2. The minimum Gasteiger partial charge on any atom is -0.457 e. The number of rotatable bonds is 7. The summed E-state index contributed by atoms with van der Waals surface area (Å²) in [7, 11) is 0. The van der Waals surface area contributed by atoms with Gasteiger partial charge in [0.15, 0.2) is 0 Å². The third-order valence-electron chi connectivity index (χ3n) is 7.81. The minimum absolute atomic E-state index is 0.0493. The zero-order valence-electron chi connectivity index (χ0n) is 23.7. The van der Waals surface area contributed by atoms with Crippen molar-refractivity contribution in [2.45, 2.75) is 44.8 Å². The molecule has 4 aromatic rings. The molecule has 2 fully saturated rings. The maximum atomic E-state index is 15.4. The fourth-order valence-electron chi connectivity index (χ4n) is 5.87. The van der Waals surface area contributed by atoms with Crippen molar-refractivity contribution in [1.29, 1.82) is 0 Å². The molecule has 0 aliphatic carbocycles. The Morgan fingerprint density at radius 1 is 1.12 bits per heavy atom. The van der Waals surface area contributed by atoms with Crippen LogP contribution in [-0.4, -0.2) is 69.1 Å². The van der Waals surface area contributed by atoms with Crippen molar-refractivity contribution < 1.29 is 18.7 Å². The number of benzene rings is 1. The fraction of sp³-hybridized carbons (Fsp3) is 0.355. The molecule has 0 unspecified atom stereocenters. The molecule has 3 aromatic heterocycles. The molecule has 10 nitrogen and oxygen atoms in total. The number of likely N-dealkylation sites (tertiary alicyclic amines) is 1. The molecule has 11 heteroatoms. The smallest absolute Gasteiger partial charge is 0.245 e. The summed E-state index contributed by atoms with van der Waals surface area (Å²) in [6, 6.07) is 8.32. The van der Waals surface area contributed by atoms with Crippen LogP contribution in [0.5, 0.6) is 11.5 Å². The summed E-state index contributed by atoms with van der Waals surface area (Å²) in [5.41, 5.74) is 1.99. The number of carbonyl (C=O) groups excluding carboxylic acids is 1. The Hall–Kier alpha value is -4.51. The van der Waals surface area contributed by atoms with E-state index in [-0.39, 0.29) is 29.7 Å². The molecule has 2 aliphatic rings. The first kappa shape index (κ1) is 27.6. The number of morpholine rings is 1. The summed E-state index contributed by atoms with van der Waals surface area (Å²) in [5, 5.41) is 3.98. The van der Waals surface area contributed by atoms with Gasteiger partial charge < -0.3 is 29.6 Å². The number of nitrogens with zero attached hydrogens (tertiary/aromatic N) is 5. The number of fused-ring (bicyclic) bond motifs is 1. The van der Waals surface area contributed by atoms with Crippen LogP contribution in [0.3, 0.4) is 0 Å². The molecule has 0 spiro atoms. The van der Waals surface area contributed by atoms with E-state index in [9.17, 15) is 4.79 Å². The number of anilines is 3. The Balaban J connectivity index is 1.18. The number of carbonyl (C=O) groups is 1. The predicted molar refractivity (Wildman–Crippen MR) is 159 cm³/mol. The molecule has 2 aliphatic heterocycles.